The first-order chi connectivity index (χ1) is 14.1. The monoisotopic (exact) mass is 389 g/mol. The number of fused-ring (bicyclic) bond motifs is 1. The number of hydrogen-bond donors (Lipinski definition) is 1. The lowest BCUT2D eigenvalue weighted by molar-refractivity contribution is -0.132. The minimum absolute atomic E-state index is 0.0629. The number of carbonyl (C=O) groups is 2. The number of nitrogens with one attached hydrogen (secondary N) is 1. The highest BCUT2D eigenvalue weighted by Crippen LogP contribution is 2.18. The topological polar surface area (TPSA) is 92.0 Å². The van der Waals surface area contributed by atoms with E-state index in [2.05, 4.69) is 10.4 Å². The lowest BCUT2D eigenvalue weighted by atomic mass is 10.1. The molecule has 146 valence electrons. The van der Waals surface area contributed by atoms with Gasteiger partial charge in [0.25, 0.3) is 0 Å². The van der Waals surface area contributed by atoms with E-state index in [9.17, 15) is 14.4 Å². The van der Waals surface area contributed by atoms with Crippen LogP contribution in [0.1, 0.15) is 24.8 Å². The molecular formula is C22H19N3O4. The van der Waals surface area contributed by atoms with Gasteiger partial charge in [0.05, 0.1) is 12.3 Å². The second-order valence-electron chi connectivity index (χ2n) is 6.73. The molecule has 0 fully saturated rings. The van der Waals surface area contributed by atoms with Gasteiger partial charge in [0, 0.05) is 36.4 Å². The summed E-state index contributed by atoms with van der Waals surface area (Å²) in [7, 11) is 0. The third-order valence-corrected chi connectivity index (χ3v) is 4.67. The van der Waals surface area contributed by atoms with E-state index in [1.807, 2.05) is 30.3 Å². The summed E-state index contributed by atoms with van der Waals surface area (Å²) in [6.45, 7) is 0.528. The van der Waals surface area contributed by atoms with Crippen LogP contribution in [0.2, 0.25) is 0 Å². The van der Waals surface area contributed by atoms with Gasteiger partial charge in [0.1, 0.15) is 5.58 Å². The number of hydrazone groups is 1. The molecule has 2 aromatic carbocycles. The minimum Gasteiger partial charge on any atom is -0.423 e. The molecule has 2 heterocycles. The zero-order chi connectivity index (χ0) is 20.2. The van der Waals surface area contributed by atoms with Gasteiger partial charge in [0.2, 0.25) is 11.8 Å². The van der Waals surface area contributed by atoms with Crippen LogP contribution in [-0.4, -0.2) is 29.1 Å². The first-order valence-electron chi connectivity index (χ1n) is 9.35. The Morgan fingerprint density at radius 2 is 1.86 bits per heavy atom. The lowest BCUT2D eigenvalue weighted by Crippen LogP contribution is -2.24. The molecule has 0 saturated carbocycles. The molecule has 0 unspecified atom stereocenters. The SMILES string of the molecule is O=C(CCC(=O)N1CCC(c2ccccc2)=N1)Nc1ccc2oc(=O)ccc2c1. The molecule has 0 radical (unpaired) electrons. The molecule has 3 aromatic rings. The van der Waals surface area contributed by atoms with Crippen LogP contribution in [0.15, 0.2) is 75.0 Å². The van der Waals surface area contributed by atoms with Crippen LogP contribution in [0, 0.1) is 0 Å². The van der Waals surface area contributed by atoms with Gasteiger partial charge >= 0.3 is 5.63 Å². The van der Waals surface area contributed by atoms with E-state index in [-0.39, 0.29) is 24.7 Å². The molecule has 0 saturated heterocycles. The van der Waals surface area contributed by atoms with Crippen molar-refractivity contribution in [2.75, 3.05) is 11.9 Å². The first kappa shape index (κ1) is 18.6. The molecule has 4 rings (SSSR count). The second kappa shape index (κ2) is 8.10. The van der Waals surface area contributed by atoms with E-state index in [1.165, 1.54) is 11.1 Å². The summed E-state index contributed by atoms with van der Waals surface area (Å²) >= 11 is 0. The van der Waals surface area contributed by atoms with Crippen molar-refractivity contribution in [2.45, 2.75) is 19.3 Å². The highest BCUT2D eigenvalue weighted by molar-refractivity contribution is 6.03. The summed E-state index contributed by atoms with van der Waals surface area (Å²) in [6, 6.07) is 17.7. The fraction of sp³-hybridized carbons (Fsp3) is 0.182. The van der Waals surface area contributed by atoms with Gasteiger partial charge in [-0.05, 0) is 29.8 Å². The summed E-state index contributed by atoms with van der Waals surface area (Å²) in [4.78, 5) is 35.8. The summed E-state index contributed by atoms with van der Waals surface area (Å²) in [6.07, 6.45) is 0.850. The average Bonchev–Trinajstić information content (AvgIpc) is 3.23. The quantitative estimate of drug-likeness (QED) is 0.679. The lowest BCUT2D eigenvalue weighted by Gasteiger charge is -2.11. The Morgan fingerprint density at radius 3 is 2.69 bits per heavy atom. The van der Waals surface area contributed by atoms with E-state index in [0.717, 1.165) is 11.3 Å². The minimum atomic E-state index is -0.423. The molecule has 1 aliphatic rings. The Hall–Kier alpha value is -3.74. The molecule has 0 atom stereocenters. The largest absolute Gasteiger partial charge is 0.423 e. The third kappa shape index (κ3) is 4.40. The van der Waals surface area contributed by atoms with Gasteiger partial charge < -0.3 is 9.73 Å². The van der Waals surface area contributed by atoms with Crippen molar-refractivity contribution in [1.82, 2.24) is 5.01 Å². The first-order valence-corrected chi connectivity index (χ1v) is 9.35. The van der Waals surface area contributed by atoms with Gasteiger partial charge in [-0.3, -0.25) is 9.59 Å². The Labute approximate surface area is 166 Å². The van der Waals surface area contributed by atoms with Crippen LogP contribution in [0.5, 0.6) is 0 Å². The van der Waals surface area contributed by atoms with Crippen molar-refractivity contribution in [1.29, 1.82) is 0 Å². The Bertz CT molecular complexity index is 1150. The van der Waals surface area contributed by atoms with E-state index in [0.29, 0.717) is 29.6 Å². The summed E-state index contributed by atoms with van der Waals surface area (Å²) in [5.41, 5.74) is 2.49. The summed E-state index contributed by atoms with van der Waals surface area (Å²) < 4.78 is 5.07. The molecule has 0 spiro atoms. The standard InChI is InChI=1S/C22H19N3O4/c26-20(23-17-7-8-19-16(14-17)6-11-22(28)29-19)9-10-21(27)25-13-12-18(24-25)15-4-2-1-3-5-15/h1-8,11,14H,9-10,12-13H2,(H,23,26). The van der Waals surface area contributed by atoms with E-state index < -0.39 is 5.63 Å². The predicted molar refractivity (Wildman–Crippen MR) is 110 cm³/mol. The third-order valence-electron chi connectivity index (χ3n) is 4.67. The highest BCUT2D eigenvalue weighted by atomic mass is 16.4. The van der Waals surface area contributed by atoms with Crippen molar-refractivity contribution < 1.29 is 14.0 Å². The van der Waals surface area contributed by atoms with Gasteiger partial charge in [-0.1, -0.05) is 30.3 Å². The second-order valence-corrected chi connectivity index (χ2v) is 6.73. The fourth-order valence-corrected chi connectivity index (χ4v) is 3.19. The van der Waals surface area contributed by atoms with Crippen LogP contribution in [0.4, 0.5) is 5.69 Å². The average molecular weight is 389 g/mol. The van der Waals surface area contributed by atoms with Gasteiger partial charge in [0.15, 0.2) is 0 Å². The zero-order valence-electron chi connectivity index (χ0n) is 15.6. The number of amides is 2. The van der Waals surface area contributed by atoms with Crippen LogP contribution in [0.3, 0.4) is 0 Å². The molecular weight excluding hydrogens is 370 g/mol. The van der Waals surface area contributed by atoms with Crippen molar-refractivity contribution in [3.05, 3.63) is 76.6 Å². The van der Waals surface area contributed by atoms with Crippen molar-refractivity contribution in [3.8, 4) is 0 Å². The predicted octanol–water partition coefficient (Wildman–Crippen LogP) is 3.15. The number of anilines is 1. The summed E-state index contributed by atoms with van der Waals surface area (Å²) in [5.74, 6) is -0.437. The van der Waals surface area contributed by atoms with E-state index in [1.54, 1.807) is 24.3 Å². The van der Waals surface area contributed by atoms with Crippen LogP contribution < -0.4 is 10.9 Å². The van der Waals surface area contributed by atoms with Crippen LogP contribution >= 0.6 is 0 Å². The maximum atomic E-state index is 12.4. The Morgan fingerprint density at radius 1 is 1.03 bits per heavy atom. The van der Waals surface area contributed by atoms with Gasteiger partial charge in [-0.2, -0.15) is 5.10 Å². The van der Waals surface area contributed by atoms with Gasteiger partial charge in [-0.25, -0.2) is 9.80 Å². The number of hydrogen-bond acceptors (Lipinski definition) is 5. The highest BCUT2D eigenvalue weighted by Gasteiger charge is 2.21. The number of benzene rings is 2. The molecule has 0 aliphatic carbocycles. The molecule has 7 nitrogen and oxygen atoms in total. The normalized spacial score (nSPS) is 13.4. The Balaban J connectivity index is 1.33. The molecule has 2 amide bonds. The Kier molecular flexibility index (Phi) is 5.20. The van der Waals surface area contributed by atoms with Crippen LogP contribution in [0.25, 0.3) is 11.0 Å². The maximum Gasteiger partial charge on any atom is 0.336 e. The molecule has 1 N–H and O–H groups in total. The molecule has 7 heteroatoms. The van der Waals surface area contributed by atoms with E-state index >= 15 is 0 Å². The number of rotatable bonds is 5. The van der Waals surface area contributed by atoms with Crippen molar-refractivity contribution in [3.63, 3.8) is 0 Å². The smallest absolute Gasteiger partial charge is 0.336 e. The van der Waals surface area contributed by atoms with Crippen LogP contribution in [-0.2, 0) is 9.59 Å². The number of nitrogens with zero attached hydrogens (tertiary/aromatic N) is 2. The maximum absolute atomic E-state index is 12.4. The van der Waals surface area contributed by atoms with Crippen molar-refractivity contribution >= 4 is 34.2 Å². The number of carbonyl (C=O) groups excluding carboxylic acids is 2. The molecule has 1 aromatic heterocycles. The zero-order valence-corrected chi connectivity index (χ0v) is 15.6. The summed E-state index contributed by atoms with van der Waals surface area (Å²) in [5, 5.41) is 9.30. The molecule has 1 aliphatic heterocycles. The molecule has 0 bridgehead atoms. The van der Waals surface area contributed by atoms with Gasteiger partial charge in [-0.15, -0.1) is 0 Å². The van der Waals surface area contributed by atoms with Crippen molar-refractivity contribution in [2.24, 2.45) is 5.10 Å². The van der Waals surface area contributed by atoms with E-state index in [4.69, 9.17) is 4.42 Å². The fourth-order valence-electron chi connectivity index (χ4n) is 3.19. The molecule has 29 heavy (non-hydrogen) atoms.